The summed E-state index contributed by atoms with van der Waals surface area (Å²) in [6.45, 7) is 1.24. The fourth-order valence-corrected chi connectivity index (χ4v) is 1.28. The second-order valence-corrected chi connectivity index (χ2v) is 3.33. The normalized spacial score (nSPS) is 9.69. The van der Waals surface area contributed by atoms with Gasteiger partial charge in [-0.1, -0.05) is 11.6 Å². The predicted molar refractivity (Wildman–Crippen MR) is 60.3 cm³/mol. The van der Waals surface area contributed by atoms with Crippen molar-refractivity contribution in [3.8, 4) is 0 Å². The van der Waals surface area contributed by atoms with E-state index in [0.29, 0.717) is 11.3 Å². The highest BCUT2D eigenvalue weighted by Crippen LogP contribution is 2.17. The van der Waals surface area contributed by atoms with E-state index in [0.717, 1.165) is 5.56 Å². The van der Waals surface area contributed by atoms with Crippen LogP contribution >= 0.6 is 0 Å². The van der Waals surface area contributed by atoms with Gasteiger partial charge in [-0.15, -0.1) is 0 Å². The standard InChI is InChI=1S/C11H14N2O3/c1-7-3-4-9(13-10(15)6-14)8(5-7)11(16)12-2/h3-5,14H,6H2,1-2H3,(H,12,16)(H,13,15). The van der Waals surface area contributed by atoms with Crippen LogP contribution in [0.4, 0.5) is 5.69 Å². The second kappa shape index (κ2) is 5.27. The summed E-state index contributed by atoms with van der Waals surface area (Å²) in [4.78, 5) is 22.6. The molecular formula is C11H14N2O3. The van der Waals surface area contributed by atoms with Crippen LogP contribution in [0.25, 0.3) is 0 Å². The molecule has 0 unspecified atom stereocenters. The minimum Gasteiger partial charge on any atom is -0.387 e. The lowest BCUT2D eigenvalue weighted by Crippen LogP contribution is -2.22. The van der Waals surface area contributed by atoms with Gasteiger partial charge in [0, 0.05) is 7.05 Å². The first-order valence-electron chi connectivity index (χ1n) is 4.82. The summed E-state index contributed by atoms with van der Waals surface area (Å²) in [5, 5.41) is 13.6. The Labute approximate surface area is 93.5 Å². The van der Waals surface area contributed by atoms with Crippen LogP contribution in [-0.4, -0.2) is 30.6 Å². The van der Waals surface area contributed by atoms with Crippen molar-refractivity contribution in [3.05, 3.63) is 29.3 Å². The van der Waals surface area contributed by atoms with Crippen molar-refractivity contribution in [3.63, 3.8) is 0 Å². The molecule has 0 aromatic heterocycles. The van der Waals surface area contributed by atoms with Crippen LogP contribution in [0.1, 0.15) is 15.9 Å². The summed E-state index contributed by atoms with van der Waals surface area (Å²) < 4.78 is 0. The third-order valence-corrected chi connectivity index (χ3v) is 2.06. The van der Waals surface area contributed by atoms with Crippen molar-refractivity contribution in [1.29, 1.82) is 0 Å². The van der Waals surface area contributed by atoms with Crippen molar-refractivity contribution >= 4 is 17.5 Å². The Hall–Kier alpha value is -1.88. The zero-order chi connectivity index (χ0) is 12.1. The average molecular weight is 222 g/mol. The number of carbonyl (C=O) groups is 2. The van der Waals surface area contributed by atoms with Gasteiger partial charge >= 0.3 is 0 Å². The van der Waals surface area contributed by atoms with Crippen LogP contribution < -0.4 is 10.6 Å². The van der Waals surface area contributed by atoms with E-state index in [9.17, 15) is 9.59 Å². The van der Waals surface area contributed by atoms with Crippen molar-refractivity contribution in [2.24, 2.45) is 0 Å². The average Bonchev–Trinajstić information content (AvgIpc) is 2.30. The van der Waals surface area contributed by atoms with Gasteiger partial charge in [0.15, 0.2) is 0 Å². The van der Waals surface area contributed by atoms with Crippen molar-refractivity contribution in [2.75, 3.05) is 19.0 Å². The van der Waals surface area contributed by atoms with Gasteiger partial charge in [0.25, 0.3) is 5.91 Å². The molecule has 0 heterocycles. The molecule has 2 amide bonds. The Morgan fingerprint density at radius 3 is 2.62 bits per heavy atom. The van der Waals surface area contributed by atoms with Gasteiger partial charge in [0.2, 0.25) is 5.91 Å². The number of hydrogen-bond acceptors (Lipinski definition) is 3. The molecule has 1 aromatic carbocycles. The fourth-order valence-electron chi connectivity index (χ4n) is 1.28. The molecule has 0 saturated heterocycles. The van der Waals surface area contributed by atoms with Crippen LogP contribution in [-0.2, 0) is 4.79 Å². The van der Waals surface area contributed by atoms with Gasteiger partial charge in [0.05, 0.1) is 11.3 Å². The van der Waals surface area contributed by atoms with E-state index in [1.165, 1.54) is 7.05 Å². The van der Waals surface area contributed by atoms with E-state index >= 15 is 0 Å². The van der Waals surface area contributed by atoms with E-state index < -0.39 is 12.5 Å². The Kier molecular flexibility index (Phi) is 4.02. The van der Waals surface area contributed by atoms with Crippen LogP contribution in [0.5, 0.6) is 0 Å². The molecule has 86 valence electrons. The number of carbonyl (C=O) groups excluding carboxylic acids is 2. The molecule has 5 heteroatoms. The number of nitrogens with one attached hydrogen (secondary N) is 2. The van der Waals surface area contributed by atoms with Gasteiger partial charge in [-0.3, -0.25) is 9.59 Å². The maximum Gasteiger partial charge on any atom is 0.253 e. The summed E-state index contributed by atoms with van der Waals surface area (Å²) >= 11 is 0. The Morgan fingerprint density at radius 2 is 2.06 bits per heavy atom. The number of aliphatic hydroxyl groups excluding tert-OH is 1. The van der Waals surface area contributed by atoms with Crippen LogP contribution in [0, 0.1) is 6.92 Å². The molecule has 0 radical (unpaired) electrons. The highest BCUT2D eigenvalue weighted by atomic mass is 16.3. The molecule has 1 rings (SSSR count). The molecule has 0 atom stereocenters. The molecule has 1 aromatic rings. The van der Waals surface area contributed by atoms with E-state index in [1.54, 1.807) is 18.2 Å². The van der Waals surface area contributed by atoms with E-state index in [-0.39, 0.29) is 5.91 Å². The van der Waals surface area contributed by atoms with E-state index in [4.69, 9.17) is 5.11 Å². The van der Waals surface area contributed by atoms with E-state index in [1.807, 2.05) is 6.92 Å². The largest absolute Gasteiger partial charge is 0.387 e. The highest BCUT2D eigenvalue weighted by molar-refractivity contribution is 6.04. The van der Waals surface area contributed by atoms with Crippen LogP contribution in [0.15, 0.2) is 18.2 Å². The first-order valence-corrected chi connectivity index (χ1v) is 4.82. The van der Waals surface area contributed by atoms with Gasteiger partial charge in [-0.05, 0) is 19.1 Å². The lowest BCUT2D eigenvalue weighted by molar-refractivity contribution is -0.118. The number of rotatable bonds is 3. The second-order valence-electron chi connectivity index (χ2n) is 3.33. The first-order chi connectivity index (χ1) is 7.58. The molecule has 3 N–H and O–H groups in total. The molecule has 0 aliphatic rings. The monoisotopic (exact) mass is 222 g/mol. The zero-order valence-corrected chi connectivity index (χ0v) is 9.20. The summed E-state index contributed by atoms with van der Waals surface area (Å²) in [5.74, 6) is -0.828. The molecule has 0 aliphatic heterocycles. The minimum atomic E-state index is -0.610. The number of anilines is 1. The van der Waals surface area contributed by atoms with Crippen LogP contribution in [0.3, 0.4) is 0 Å². The van der Waals surface area contributed by atoms with Crippen molar-refractivity contribution < 1.29 is 14.7 Å². The number of hydrogen-bond donors (Lipinski definition) is 3. The van der Waals surface area contributed by atoms with E-state index in [2.05, 4.69) is 10.6 Å². The lowest BCUT2D eigenvalue weighted by atomic mass is 10.1. The maximum absolute atomic E-state index is 11.5. The molecule has 5 nitrogen and oxygen atoms in total. The molecule has 0 bridgehead atoms. The summed E-state index contributed by atoms with van der Waals surface area (Å²) in [7, 11) is 1.52. The summed E-state index contributed by atoms with van der Waals surface area (Å²) in [5.41, 5.74) is 1.69. The Morgan fingerprint density at radius 1 is 1.38 bits per heavy atom. The summed E-state index contributed by atoms with van der Waals surface area (Å²) in [6, 6.07) is 5.08. The first kappa shape index (κ1) is 12.2. The predicted octanol–water partition coefficient (Wildman–Crippen LogP) is 0.285. The van der Waals surface area contributed by atoms with Crippen LogP contribution in [0.2, 0.25) is 0 Å². The van der Waals surface area contributed by atoms with Crippen molar-refractivity contribution in [2.45, 2.75) is 6.92 Å². The number of aliphatic hydroxyl groups is 1. The molecule has 0 spiro atoms. The SMILES string of the molecule is CNC(=O)c1cc(C)ccc1NC(=O)CO. The maximum atomic E-state index is 11.5. The minimum absolute atomic E-state index is 0.281. The smallest absolute Gasteiger partial charge is 0.253 e. The fraction of sp³-hybridized carbons (Fsp3) is 0.273. The zero-order valence-electron chi connectivity index (χ0n) is 9.20. The van der Waals surface area contributed by atoms with Crippen molar-refractivity contribution in [1.82, 2.24) is 5.32 Å². The molecule has 0 saturated carbocycles. The Balaban J connectivity index is 3.07. The quantitative estimate of drug-likeness (QED) is 0.687. The third-order valence-electron chi connectivity index (χ3n) is 2.06. The molecule has 0 fully saturated rings. The third kappa shape index (κ3) is 2.80. The number of aryl methyl sites for hydroxylation is 1. The molecule has 0 aliphatic carbocycles. The van der Waals surface area contributed by atoms with Gasteiger partial charge < -0.3 is 15.7 Å². The Bertz CT molecular complexity index is 416. The lowest BCUT2D eigenvalue weighted by Gasteiger charge is -2.10. The number of amides is 2. The molecular weight excluding hydrogens is 208 g/mol. The number of benzene rings is 1. The summed E-state index contributed by atoms with van der Waals surface area (Å²) in [6.07, 6.45) is 0. The van der Waals surface area contributed by atoms with Gasteiger partial charge in [-0.25, -0.2) is 0 Å². The van der Waals surface area contributed by atoms with Gasteiger partial charge in [0.1, 0.15) is 6.61 Å². The van der Waals surface area contributed by atoms with Gasteiger partial charge in [-0.2, -0.15) is 0 Å². The highest BCUT2D eigenvalue weighted by Gasteiger charge is 2.11. The molecule has 16 heavy (non-hydrogen) atoms. The topological polar surface area (TPSA) is 78.4 Å².